The molecule has 0 saturated heterocycles. The molecule has 96 valence electrons. The predicted octanol–water partition coefficient (Wildman–Crippen LogP) is 5.16. The lowest BCUT2D eigenvalue weighted by Crippen LogP contribution is -2.13. The third-order valence-electron chi connectivity index (χ3n) is 3.12. The van der Waals surface area contributed by atoms with Crippen molar-refractivity contribution in [3.8, 4) is 10.4 Å². The smallest absolute Gasteiger partial charge is 0.0409 e. The minimum Gasteiger partial charge on any atom is -0.312 e. The maximum Gasteiger partial charge on any atom is 0.0409 e. The Morgan fingerprint density at radius 2 is 2.06 bits per heavy atom. The van der Waals surface area contributed by atoms with Crippen LogP contribution >= 0.6 is 27.3 Å². The van der Waals surface area contributed by atoms with Crippen molar-refractivity contribution in [2.24, 2.45) is 0 Å². The van der Waals surface area contributed by atoms with Crippen LogP contribution in [0, 0.1) is 6.92 Å². The Bertz CT molecular complexity index is 529. The number of thiophene rings is 1. The molecule has 18 heavy (non-hydrogen) atoms. The van der Waals surface area contributed by atoms with Crippen LogP contribution in [0.4, 0.5) is 0 Å². The molecule has 0 aliphatic carbocycles. The van der Waals surface area contributed by atoms with E-state index in [1.54, 1.807) is 0 Å². The second-order valence-electron chi connectivity index (χ2n) is 4.43. The fourth-order valence-electron chi connectivity index (χ4n) is 2.05. The maximum atomic E-state index is 3.66. The van der Waals surface area contributed by atoms with Gasteiger partial charge in [0.15, 0.2) is 0 Å². The minimum absolute atomic E-state index is 0.466. The van der Waals surface area contributed by atoms with Gasteiger partial charge in [0.2, 0.25) is 0 Å². The van der Waals surface area contributed by atoms with Gasteiger partial charge in [-0.15, -0.1) is 11.3 Å². The SMILES string of the molecule is CCC(NC)c1ccc(-c2ccc(C)cc2Br)s1. The number of hydrogen-bond acceptors (Lipinski definition) is 2. The number of nitrogens with one attached hydrogen (secondary N) is 1. The molecular weight excluding hydrogens is 306 g/mol. The summed E-state index contributed by atoms with van der Waals surface area (Å²) in [7, 11) is 2.02. The Morgan fingerprint density at radius 1 is 1.28 bits per heavy atom. The van der Waals surface area contributed by atoms with Gasteiger partial charge in [-0.05, 0) is 44.2 Å². The molecule has 0 amide bonds. The molecular formula is C15H18BrNS. The van der Waals surface area contributed by atoms with Crippen molar-refractivity contribution in [3.63, 3.8) is 0 Å². The zero-order valence-corrected chi connectivity index (χ0v) is 13.4. The molecule has 2 aromatic rings. The summed E-state index contributed by atoms with van der Waals surface area (Å²) in [6, 6.07) is 11.4. The van der Waals surface area contributed by atoms with Crippen LogP contribution in [0.25, 0.3) is 10.4 Å². The van der Waals surface area contributed by atoms with E-state index in [-0.39, 0.29) is 0 Å². The van der Waals surface area contributed by atoms with Gasteiger partial charge in [-0.1, -0.05) is 35.0 Å². The monoisotopic (exact) mass is 323 g/mol. The van der Waals surface area contributed by atoms with Crippen LogP contribution in [-0.4, -0.2) is 7.05 Å². The van der Waals surface area contributed by atoms with E-state index >= 15 is 0 Å². The highest BCUT2D eigenvalue weighted by Gasteiger charge is 2.12. The molecule has 0 radical (unpaired) electrons. The van der Waals surface area contributed by atoms with E-state index < -0.39 is 0 Å². The molecule has 1 nitrogen and oxygen atoms in total. The van der Waals surface area contributed by atoms with Gasteiger partial charge >= 0.3 is 0 Å². The molecule has 3 heteroatoms. The average molecular weight is 324 g/mol. The Labute approximate surface area is 121 Å². The van der Waals surface area contributed by atoms with Crippen LogP contribution in [-0.2, 0) is 0 Å². The molecule has 1 aromatic heterocycles. The van der Waals surface area contributed by atoms with E-state index in [2.05, 4.69) is 65.4 Å². The van der Waals surface area contributed by atoms with Crippen LogP contribution in [0.5, 0.6) is 0 Å². The highest BCUT2D eigenvalue weighted by atomic mass is 79.9. The van der Waals surface area contributed by atoms with E-state index in [1.807, 2.05) is 18.4 Å². The molecule has 1 aromatic carbocycles. The summed E-state index contributed by atoms with van der Waals surface area (Å²) in [6.45, 7) is 4.32. The summed E-state index contributed by atoms with van der Waals surface area (Å²) in [5, 5.41) is 3.36. The van der Waals surface area contributed by atoms with E-state index in [4.69, 9.17) is 0 Å². The Kier molecular flexibility index (Phi) is 4.60. The highest BCUT2D eigenvalue weighted by Crippen LogP contribution is 2.36. The van der Waals surface area contributed by atoms with Gasteiger partial charge in [-0.2, -0.15) is 0 Å². The van der Waals surface area contributed by atoms with Crippen molar-refractivity contribution in [2.75, 3.05) is 7.05 Å². The fourth-order valence-corrected chi connectivity index (χ4v) is 4.13. The first-order chi connectivity index (χ1) is 8.65. The van der Waals surface area contributed by atoms with Crippen LogP contribution in [0.2, 0.25) is 0 Å². The summed E-state index contributed by atoms with van der Waals surface area (Å²) >= 11 is 5.53. The first-order valence-corrected chi connectivity index (χ1v) is 7.80. The van der Waals surface area contributed by atoms with Gasteiger partial charge in [0, 0.05) is 25.8 Å². The van der Waals surface area contributed by atoms with Gasteiger partial charge < -0.3 is 5.32 Å². The van der Waals surface area contributed by atoms with Crippen molar-refractivity contribution < 1.29 is 0 Å². The first kappa shape index (κ1) is 13.8. The highest BCUT2D eigenvalue weighted by molar-refractivity contribution is 9.10. The number of benzene rings is 1. The van der Waals surface area contributed by atoms with Gasteiger partial charge in [0.05, 0.1) is 0 Å². The molecule has 0 fully saturated rings. The van der Waals surface area contributed by atoms with Crippen molar-refractivity contribution >= 4 is 27.3 Å². The molecule has 1 atom stereocenters. The molecule has 1 unspecified atom stereocenters. The van der Waals surface area contributed by atoms with Crippen LogP contribution in [0.15, 0.2) is 34.8 Å². The molecule has 1 heterocycles. The van der Waals surface area contributed by atoms with Crippen molar-refractivity contribution in [2.45, 2.75) is 26.3 Å². The third-order valence-corrected chi connectivity index (χ3v) is 5.01. The molecule has 2 rings (SSSR count). The number of hydrogen-bond donors (Lipinski definition) is 1. The fraction of sp³-hybridized carbons (Fsp3) is 0.333. The molecule has 0 saturated carbocycles. The predicted molar refractivity (Wildman–Crippen MR) is 84.3 cm³/mol. The van der Waals surface area contributed by atoms with Crippen molar-refractivity contribution in [1.82, 2.24) is 5.32 Å². The van der Waals surface area contributed by atoms with E-state index in [1.165, 1.54) is 25.4 Å². The van der Waals surface area contributed by atoms with Crippen LogP contribution in [0.3, 0.4) is 0 Å². The van der Waals surface area contributed by atoms with E-state index in [9.17, 15) is 0 Å². The van der Waals surface area contributed by atoms with Gasteiger partial charge in [0.1, 0.15) is 0 Å². The van der Waals surface area contributed by atoms with E-state index in [0.29, 0.717) is 6.04 Å². The average Bonchev–Trinajstić information content (AvgIpc) is 2.80. The van der Waals surface area contributed by atoms with E-state index in [0.717, 1.165) is 6.42 Å². The lowest BCUT2D eigenvalue weighted by Gasteiger charge is -2.10. The summed E-state index contributed by atoms with van der Waals surface area (Å²) < 4.78 is 1.17. The molecule has 0 bridgehead atoms. The lowest BCUT2D eigenvalue weighted by molar-refractivity contribution is 0.586. The Morgan fingerprint density at radius 3 is 2.67 bits per heavy atom. The summed E-state index contributed by atoms with van der Waals surface area (Å²) in [5.41, 5.74) is 2.56. The quantitative estimate of drug-likeness (QED) is 0.819. The zero-order valence-electron chi connectivity index (χ0n) is 11.0. The summed E-state index contributed by atoms with van der Waals surface area (Å²) in [4.78, 5) is 2.73. The normalized spacial score (nSPS) is 12.7. The van der Waals surface area contributed by atoms with Crippen molar-refractivity contribution in [3.05, 3.63) is 45.2 Å². The van der Waals surface area contributed by atoms with Gasteiger partial charge in [-0.3, -0.25) is 0 Å². The molecule has 1 N–H and O–H groups in total. The standard InChI is InChI=1S/C15H18BrNS/c1-4-13(17-3)15-8-7-14(18-15)11-6-5-10(2)9-12(11)16/h5-9,13,17H,4H2,1-3H3. The molecule has 0 aliphatic rings. The number of halogens is 1. The molecule has 0 spiro atoms. The molecule has 0 aliphatic heterocycles. The van der Waals surface area contributed by atoms with Crippen LogP contribution in [0.1, 0.15) is 29.8 Å². The van der Waals surface area contributed by atoms with Gasteiger partial charge in [0.25, 0.3) is 0 Å². The topological polar surface area (TPSA) is 12.0 Å². The van der Waals surface area contributed by atoms with Gasteiger partial charge in [-0.25, -0.2) is 0 Å². The Balaban J connectivity index is 2.34. The number of rotatable bonds is 4. The first-order valence-electron chi connectivity index (χ1n) is 6.19. The number of aryl methyl sites for hydroxylation is 1. The summed E-state index contributed by atoms with van der Waals surface area (Å²) in [6.07, 6.45) is 1.12. The maximum absolute atomic E-state index is 3.66. The summed E-state index contributed by atoms with van der Waals surface area (Å²) in [5.74, 6) is 0. The van der Waals surface area contributed by atoms with Crippen LogP contribution < -0.4 is 5.32 Å². The Hall–Kier alpha value is -0.640. The second kappa shape index (κ2) is 6.00. The largest absolute Gasteiger partial charge is 0.312 e. The zero-order chi connectivity index (χ0) is 13.1. The minimum atomic E-state index is 0.466. The third kappa shape index (κ3) is 2.85. The lowest BCUT2D eigenvalue weighted by atomic mass is 10.1. The second-order valence-corrected chi connectivity index (χ2v) is 6.40. The van der Waals surface area contributed by atoms with Crippen molar-refractivity contribution in [1.29, 1.82) is 0 Å².